The highest BCUT2D eigenvalue weighted by atomic mass is 35.5. The highest BCUT2D eigenvalue weighted by Crippen LogP contribution is 2.33. The van der Waals surface area contributed by atoms with Crippen LogP contribution in [0.4, 0.5) is 11.4 Å². The maximum Gasteiger partial charge on any atom is 0.264 e. The van der Waals surface area contributed by atoms with Crippen LogP contribution in [0.15, 0.2) is 102 Å². The Morgan fingerprint density at radius 3 is 2.19 bits per heavy atom. The molecule has 0 saturated heterocycles. The fourth-order valence-electron chi connectivity index (χ4n) is 3.67. The molecule has 37 heavy (non-hydrogen) atoms. The number of anilines is 2. The molecular weight excluding hydrogens is 512 g/mol. The second-order valence-corrected chi connectivity index (χ2v) is 10.4. The van der Waals surface area contributed by atoms with E-state index in [0.717, 1.165) is 4.31 Å². The SMILES string of the molecule is COc1ccc(S(=O)(=O)N(CC(=O)Nc2cc(Cl)ccc2Oc2ccccc2)c2ccccc2)cc1C. The third-order valence-corrected chi connectivity index (χ3v) is 7.48. The molecule has 4 aromatic rings. The van der Waals surface area contributed by atoms with E-state index in [1.54, 1.807) is 73.7 Å². The molecule has 4 rings (SSSR count). The van der Waals surface area contributed by atoms with Crippen LogP contribution in [0.25, 0.3) is 0 Å². The van der Waals surface area contributed by atoms with Crippen LogP contribution in [0.5, 0.6) is 17.2 Å². The quantitative estimate of drug-likeness (QED) is 0.272. The molecule has 0 aromatic heterocycles. The Kier molecular flexibility index (Phi) is 8.01. The minimum absolute atomic E-state index is 0.0401. The molecule has 0 unspecified atom stereocenters. The number of para-hydroxylation sites is 2. The number of methoxy groups -OCH3 is 1. The van der Waals surface area contributed by atoms with Crippen molar-refractivity contribution >= 4 is 38.9 Å². The van der Waals surface area contributed by atoms with Crippen LogP contribution >= 0.6 is 11.6 Å². The number of benzene rings is 4. The summed E-state index contributed by atoms with van der Waals surface area (Å²) in [6, 6.07) is 26.9. The van der Waals surface area contributed by atoms with Gasteiger partial charge in [-0.1, -0.05) is 48.0 Å². The number of carbonyl (C=O) groups excluding carboxylic acids is 1. The number of hydrogen-bond acceptors (Lipinski definition) is 5. The number of nitrogens with one attached hydrogen (secondary N) is 1. The molecule has 0 heterocycles. The van der Waals surface area contributed by atoms with Crippen molar-refractivity contribution < 1.29 is 22.7 Å². The molecule has 190 valence electrons. The molecule has 0 spiro atoms. The molecule has 1 N–H and O–H groups in total. The van der Waals surface area contributed by atoms with Crippen molar-refractivity contribution in [2.24, 2.45) is 0 Å². The van der Waals surface area contributed by atoms with Gasteiger partial charge in [0, 0.05) is 5.02 Å². The molecular formula is C28H25ClN2O5S. The number of carbonyl (C=O) groups is 1. The van der Waals surface area contributed by atoms with Crippen LogP contribution in [0, 0.1) is 6.92 Å². The van der Waals surface area contributed by atoms with Crippen molar-refractivity contribution in [3.63, 3.8) is 0 Å². The van der Waals surface area contributed by atoms with Crippen molar-refractivity contribution in [2.75, 3.05) is 23.3 Å². The van der Waals surface area contributed by atoms with Gasteiger partial charge in [0.1, 0.15) is 18.0 Å². The van der Waals surface area contributed by atoms with Gasteiger partial charge in [-0.2, -0.15) is 0 Å². The van der Waals surface area contributed by atoms with E-state index in [0.29, 0.717) is 39.2 Å². The van der Waals surface area contributed by atoms with Crippen molar-refractivity contribution in [3.05, 3.63) is 108 Å². The lowest BCUT2D eigenvalue weighted by Crippen LogP contribution is -2.38. The molecule has 9 heteroatoms. The summed E-state index contributed by atoms with van der Waals surface area (Å²) in [7, 11) is -2.58. The Morgan fingerprint density at radius 1 is 0.892 bits per heavy atom. The average molecular weight is 537 g/mol. The second kappa shape index (κ2) is 11.4. The summed E-state index contributed by atoms with van der Waals surface area (Å²) in [5, 5.41) is 3.14. The van der Waals surface area contributed by atoms with Gasteiger partial charge in [-0.05, 0) is 73.2 Å². The predicted octanol–water partition coefficient (Wildman–Crippen LogP) is 6.28. The Bertz CT molecular complexity index is 1500. The predicted molar refractivity (Wildman–Crippen MR) is 145 cm³/mol. The largest absolute Gasteiger partial charge is 0.496 e. The molecule has 0 aliphatic rings. The average Bonchev–Trinajstić information content (AvgIpc) is 2.90. The lowest BCUT2D eigenvalue weighted by atomic mass is 10.2. The zero-order chi connectivity index (χ0) is 26.4. The van der Waals surface area contributed by atoms with E-state index >= 15 is 0 Å². The summed E-state index contributed by atoms with van der Waals surface area (Å²) >= 11 is 6.17. The molecule has 7 nitrogen and oxygen atoms in total. The molecule has 0 fully saturated rings. The fraction of sp³-hybridized carbons (Fsp3) is 0.107. The molecule has 0 bridgehead atoms. The number of sulfonamides is 1. The van der Waals surface area contributed by atoms with E-state index in [1.807, 2.05) is 18.2 Å². The first kappa shape index (κ1) is 26.1. The van der Waals surface area contributed by atoms with E-state index in [9.17, 15) is 13.2 Å². The van der Waals surface area contributed by atoms with E-state index in [4.69, 9.17) is 21.1 Å². The Morgan fingerprint density at radius 2 is 1.54 bits per heavy atom. The van der Waals surface area contributed by atoms with Crippen LogP contribution < -0.4 is 19.1 Å². The lowest BCUT2D eigenvalue weighted by molar-refractivity contribution is -0.114. The molecule has 1 amide bonds. The first-order chi connectivity index (χ1) is 17.8. The summed E-state index contributed by atoms with van der Waals surface area (Å²) in [5.74, 6) is 0.931. The molecule has 0 aliphatic carbocycles. The summed E-state index contributed by atoms with van der Waals surface area (Å²) in [4.78, 5) is 13.3. The molecule has 0 saturated carbocycles. The number of amides is 1. The minimum atomic E-state index is -4.10. The first-order valence-corrected chi connectivity index (χ1v) is 13.1. The molecule has 0 aliphatic heterocycles. The van der Waals surface area contributed by atoms with Gasteiger partial charge >= 0.3 is 0 Å². The molecule has 4 aromatic carbocycles. The van der Waals surface area contributed by atoms with Gasteiger partial charge in [0.25, 0.3) is 10.0 Å². The first-order valence-electron chi connectivity index (χ1n) is 11.3. The van der Waals surface area contributed by atoms with Gasteiger partial charge in [0.05, 0.1) is 23.4 Å². The van der Waals surface area contributed by atoms with Gasteiger partial charge in [-0.25, -0.2) is 8.42 Å². The van der Waals surface area contributed by atoms with E-state index in [-0.39, 0.29) is 4.90 Å². The number of ether oxygens (including phenoxy) is 2. The second-order valence-electron chi connectivity index (χ2n) is 8.08. The minimum Gasteiger partial charge on any atom is -0.496 e. The zero-order valence-corrected chi connectivity index (χ0v) is 21.8. The van der Waals surface area contributed by atoms with Crippen LogP contribution in [0.2, 0.25) is 5.02 Å². The molecule has 0 atom stereocenters. The number of rotatable bonds is 9. The monoisotopic (exact) mass is 536 g/mol. The highest BCUT2D eigenvalue weighted by Gasteiger charge is 2.28. The van der Waals surface area contributed by atoms with Crippen molar-refractivity contribution in [1.29, 1.82) is 0 Å². The smallest absolute Gasteiger partial charge is 0.264 e. The van der Waals surface area contributed by atoms with Gasteiger partial charge < -0.3 is 14.8 Å². The van der Waals surface area contributed by atoms with Crippen LogP contribution in [0.1, 0.15) is 5.56 Å². The maximum absolute atomic E-state index is 13.7. The number of aryl methyl sites for hydroxylation is 1. The number of halogens is 1. The number of hydrogen-bond donors (Lipinski definition) is 1. The molecule has 0 radical (unpaired) electrons. The van der Waals surface area contributed by atoms with Crippen molar-refractivity contribution in [1.82, 2.24) is 0 Å². The van der Waals surface area contributed by atoms with Gasteiger partial charge in [0.15, 0.2) is 5.75 Å². The van der Waals surface area contributed by atoms with Gasteiger partial charge in [-0.15, -0.1) is 0 Å². The third kappa shape index (κ3) is 6.22. The zero-order valence-electron chi connectivity index (χ0n) is 20.2. The Balaban J connectivity index is 1.64. The summed E-state index contributed by atoms with van der Waals surface area (Å²) in [6.45, 7) is 1.28. The van der Waals surface area contributed by atoms with Crippen LogP contribution in [-0.4, -0.2) is 28.0 Å². The van der Waals surface area contributed by atoms with Crippen LogP contribution in [-0.2, 0) is 14.8 Å². The van der Waals surface area contributed by atoms with E-state index in [2.05, 4.69) is 5.32 Å². The Labute approximate surface area is 221 Å². The van der Waals surface area contributed by atoms with Crippen molar-refractivity contribution in [2.45, 2.75) is 11.8 Å². The highest BCUT2D eigenvalue weighted by molar-refractivity contribution is 7.92. The number of nitrogens with zero attached hydrogens (tertiary/aromatic N) is 1. The summed E-state index contributed by atoms with van der Waals surface area (Å²) < 4.78 is 39.6. The lowest BCUT2D eigenvalue weighted by Gasteiger charge is -2.24. The fourth-order valence-corrected chi connectivity index (χ4v) is 5.35. The summed E-state index contributed by atoms with van der Waals surface area (Å²) in [6.07, 6.45) is 0. The summed E-state index contributed by atoms with van der Waals surface area (Å²) in [5.41, 5.74) is 1.31. The van der Waals surface area contributed by atoms with E-state index < -0.39 is 22.5 Å². The van der Waals surface area contributed by atoms with Crippen LogP contribution in [0.3, 0.4) is 0 Å². The standard InChI is InChI=1S/C28H25ClN2O5S/c1-20-17-24(14-16-26(20)35-2)37(33,34)31(22-9-5-3-6-10-22)19-28(32)30-25-18-21(29)13-15-27(25)36-23-11-7-4-8-12-23/h3-18H,19H2,1-2H3,(H,30,32). The normalized spacial score (nSPS) is 11.0. The van der Waals surface area contributed by atoms with Gasteiger partial charge in [0.2, 0.25) is 5.91 Å². The topological polar surface area (TPSA) is 84.9 Å². The van der Waals surface area contributed by atoms with Crippen molar-refractivity contribution in [3.8, 4) is 17.2 Å². The van der Waals surface area contributed by atoms with Gasteiger partial charge in [-0.3, -0.25) is 9.10 Å². The van der Waals surface area contributed by atoms with E-state index in [1.165, 1.54) is 19.2 Å². The Hall–Kier alpha value is -4.01. The maximum atomic E-state index is 13.7. The third-order valence-electron chi connectivity index (χ3n) is 5.47.